The molecule has 0 saturated carbocycles. The third-order valence-electron chi connectivity index (χ3n) is 5.10. The normalized spacial score (nSPS) is 18.5. The minimum absolute atomic E-state index is 0.121. The van der Waals surface area contributed by atoms with E-state index >= 15 is 0 Å². The molecule has 0 spiro atoms. The second-order valence-corrected chi connectivity index (χ2v) is 7.14. The topological polar surface area (TPSA) is 71.3 Å². The van der Waals surface area contributed by atoms with Crippen LogP contribution in [0.15, 0.2) is 29.0 Å². The highest BCUT2D eigenvalue weighted by atomic mass is 16.5. The Bertz CT molecular complexity index is 694. The van der Waals surface area contributed by atoms with Crippen LogP contribution in [0.25, 0.3) is 0 Å². The van der Waals surface area contributed by atoms with Crippen LogP contribution in [0.1, 0.15) is 48.3 Å². The Hall–Kier alpha value is -2.21. The molecule has 3 heterocycles. The monoisotopic (exact) mass is 356 g/mol. The molecule has 1 saturated heterocycles. The SMILES string of the molecule is Cc1noc(C)c1CCC(=O)N[C@H]1CCCN(Cc2cccnc2)CC1. The lowest BCUT2D eigenvalue weighted by molar-refractivity contribution is -0.121. The smallest absolute Gasteiger partial charge is 0.220 e. The number of hydrogen-bond acceptors (Lipinski definition) is 5. The summed E-state index contributed by atoms with van der Waals surface area (Å²) in [5.74, 6) is 0.937. The first-order valence-corrected chi connectivity index (χ1v) is 9.44. The highest BCUT2D eigenvalue weighted by Crippen LogP contribution is 2.16. The Labute approximate surface area is 155 Å². The number of nitrogens with one attached hydrogen (secondary N) is 1. The van der Waals surface area contributed by atoms with Crippen LogP contribution in [0.3, 0.4) is 0 Å². The molecule has 6 heteroatoms. The number of rotatable bonds is 6. The largest absolute Gasteiger partial charge is 0.361 e. The van der Waals surface area contributed by atoms with E-state index < -0.39 is 0 Å². The van der Waals surface area contributed by atoms with Gasteiger partial charge in [0.05, 0.1) is 5.69 Å². The molecule has 1 fully saturated rings. The molecule has 1 aliphatic rings. The Kier molecular flexibility index (Phi) is 6.39. The summed E-state index contributed by atoms with van der Waals surface area (Å²) in [6, 6.07) is 4.37. The summed E-state index contributed by atoms with van der Waals surface area (Å²) >= 11 is 0. The molecular formula is C20H28N4O2. The molecule has 0 aliphatic carbocycles. The van der Waals surface area contributed by atoms with Gasteiger partial charge in [-0.25, -0.2) is 0 Å². The van der Waals surface area contributed by atoms with Gasteiger partial charge in [0.25, 0.3) is 0 Å². The summed E-state index contributed by atoms with van der Waals surface area (Å²) in [7, 11) is 0. The van der Waals surface area contributed by atoms with E-state index in [2.05, 4.69) is 26.4 Å². The van der Waals surface area contributed by atoms with Crippen molar-refractivity contribution in [3.05, 3.63) is 47.1 Å². The van der Waals surface area contributed by atoms with E-state index in [0.29, 0.717) is 12.8 Å². The van der Waals surface area contributed by atoms with Gasteiger partial charge in [0.2, 0.25) is 5.91 Å². The highest BCUT2D eigenvalue weighted by molar-refractivity contribution is 5.76. The van der Waals surface area contributed by atoms with Gasteiger partial charge in [-0.2, -0.15) is 0 Å². The van der Waals surface area contributed by atoms with Gasteiger partial charge in [0.1, 0.15) is 5.76 Å². The molecule has 1 atom stereocenters. The van der Waals surface area contributed by atoms with Gasteiger partial charge in [-0.15, -0.1) is 0 Å². The summed E-state index contributed by atoms with van der Waals surface area (Å²) in [5, 5.41) is 7.16. The standard InChI is InChI=1S/C20H28N4O2/c1-15-19(16(2)26-23-15)7-8-20(25)22-18-6-4-11-24(12-9-18)14-17-5-3-10-21-13-17/h3,5,10,13,18H,4,6-9,11-12,14H2,1-2H3,(H,22,25)/t18-/m0/s1. The number of pyridine rings is 1. The van der Waals surface area contributed by atoms with Crippen molar-refractivity contribution in [2.75, 3.05) is 13.1 Å². The molecule has 1 N–H and O–H groups in total. The van der Waals surface area contributed by atoms with Gasteiger partial charge in [-0.05, 0) is 57.7 Å². The van der Waals surface area contributed by atoms with Crippen LogP contribution < -0.4 is 5.32 Å². The minimum atomic E-state index is 0.121. The van der Waals surface area contributed by atoms with Crippen molar-refractivity contribution >= 4 is 5.91 Å². The maximum atomic E-state index is 12.3. The average Bonchev–Trinajstić information content (AvgIpc) is 2.82. The molecule has 140 valence electrons. The van der Waals surface area contributed by atoms with E-state index in [0.717, 1.165) is 55.9 Å². The summed E-state index contributed by atoms with van der Waals surface area (Å²) < 4.78 is 5.16. The second-order valence-electron chi connectivity index (χ2n) is 7.14. The predicted molar refractivity (Wildman–Crippen MR) is 99.6 cm³/mol. The zero-order valence-electron chi connectivity index (χ0n) is 15.7. The van der Waals surface area contributed by atoms with Gasteiger partial charge in [-0.1, -0.05) is 11.2 Å². The molecule has 0 unspecified atom stereocenters. The van der Waals surface area contributed by atoms with Gasteiger partial charge >= 0.3 is 0 Å². The van der Waals surface area contributed by atoms with E-state index in [9.17, 15) is 4.79 Å². The zero-order valence-corrected chi connectivity index (χ0v) is 15.7. The second kappa shape index (κ2) is 8.94. The first kappa shape index (κ1) is 18.6. The Balaban J connectivity index is 1.43. The van der Waals surface area contributed by atoms with Crippen molar-refractivity contribution in [1.82, 2.24) is 20.4 Å². The molecule has 1 amide bonds. The summed E-state index contributed by atoms with van der Waals surface area (Å²) in [6.07, 6.45) is 8.05. The maximum absolute atomic E-state index is 12.3. The lowest BCUT2D eigenvalue weighted by atomic mass is 10.1. The maximum Gasteiger partial charge on any atom is 0.220 e. The Morgan fingerprint density at radius 3 is 2.96 bits per heavy atom. The quantitative estimate of drug-likeness (QED) is 0.862. The van der Waals surface area contributed by atoms with Crippen LogP contribution in [0, 0.1) is 13.8 Å². The number of aryl methyl sites for hydroxylation is 2. The highest BCUT2D eigenvalue weighted by Gasteiger charge is 2.19. The number of likely N-dealkylation sites (tertiary alicyclic amines) is 1. The molecular weight excluding hydrogens is 328 g/mol. The van der Waals surface area contributed by atoms with E-state index in [4.69, 9.17) is 4.52 Å². The summed E-state index contributed by atoms with van der Waals surface area (Å²) in [4.78, 5) is 19.0. The number of carbonyl (C=O) groups is 1. The third-order valence-corrected chi connectivity index (χ3v) is 5.10. The molecule has 0 bridgehead atoms. The van der Waals surface area contributed by atoms with Crippen molar-refractivity contribution in [1.29, 1.82) is 0 Å². The summed E-state index contributed by atoms with van der Waals surface area (Å²) in [5.41, 5.74) is 3.19. The van der Waals surface area contributed by atoms with E-state index in [1.165, 1.54) is 5.56 Å². The minimum Gasteiger partial charge on any atom is -0.361 e. The van der Waals surface area contributed by atoms with Crippen LogP contribution in [0.5, 0.6) is 0 Å². The number of carbonyl (C=O) groups excluding carboxylic acids is 1. The fourth-order valence-corrected chi connectivity index (χ4v) is 3.61. The molecule has 0 radical (unpaired) electrons. The van der Waals surface area contributed by atoms with Crippen molar-refractivity contribution in [3.8, 4) is 0 Å². The first-order valence-electron chi connectivity index (χ1n) is 9.44. The molecule has 6 nitrogen and oxygen atoms in total. The number of nitrogens with zero attached hydrogens (tertiary/aromatic N) is 3. The molecule has 26 heavy (non-hydrogen) atoms. The van der Waals surface area contributed by atoms with Gasteiger partial charge in [0.15, 0.2) is 0 Å². The van der Waals surface area contributed by atoms with Gasteiger partial charge in [0, 0.05) is 43.5 Å². The molecule has 2 aromatic heterocycles. The number of amides is 1. The lowest BCUT2D eigenvalue weighted by Gasteiger charge is -2.20. The molecule has 2 aromatic rings. The van der Waals surface area contributed by atoms with Crippen molar-refractivity contribution in [2.45, 2.75) is 58.5 Å². The van der Waals surface area contributed by atoms with Gasteiger partial charge < -0.3 is 9.84 Å². The Morgan fingerprint density at radius 1 is 1.35 bits per heavy atom. The van der Waals surface area contributed by atoms with Crippen LogP contribution in [0.4, 0.5) is 0 Å². The first-order chi connectivity index (χ1) is 12.6. The molecule has 1 aliphatic heterocycles. The molecule has 0 aromatic carbocycles. The zero-order chi connectivity index (χ0) is 18.4. The number of hydrogen-bond donors (Lipinski definition) is 1. The van der Waals surface area contributed by atoms with Crippen molar-refractivity contribution < 1.29 is 9.32 Å². The fraction of sp³-hybridized carbons (Fsp3) is 0.550. The fourth-order valence-electron chi connectivity index (χ4n) is 3.61. The van der Waals surface area contributed by atoms with Crippen molar-refractivity contribution in [3.63, 3.8) is 0 Å². The predicted octanol–water partition coefficient (Wildman–Crippen LogP) is 2.79. The summed E-state index contributed by atoms with van der Waals surface area (Å²) in [6.45, 7) is 6.83. The Morgan fingerprint density at radius 2 is 2.23 bits per heavy atom. The van der Waals surface area contributed by atoms with Crippen LogP contribution in [-0.4, -0.2) is 40.1 Å². The number of aromatic nitrogens is 2. The van der Waals surface area contributed by atoms with Crippen LogP contribution in [-0.2, 0) is 17.8 Å². The molecule has 3 rings (SSSR count). The van der Waals surface area contributed by atoms with Crippen LogP contribution in [0.2, 0.25) is 0 Å². The van der Waals surface area contributed by atoms with Gasteiger partial charge in [-0.3, -0.25) is 14.7 Å². The average molecular weight is 356 g/mol. The van der Waals surface area contributed by atoms with Crippen molar-refractivity contribution in [2.24, 2.45) is 0 Å². The van der Waals surface area contributed by atoms with Crippen LogP contribution >= 0.6 is 0 Å². The third kappa shape index (κ3) is 5.14. The lowest BCUT2D eigenvalue weighted by Crippen LogP contribution is -2.35. The van der Waals surface area contributed by atoms with E-state index in [-0.39, 0.29) is 11.9 Å². The van der Waals surface area contributed by atoms with E-state index in [1.54, 1.807) is 6.20 Å². The van der Waals surface area contributed by atoms with E-state index in [1.807, 2.05) is 26.1 Å².